The van der Waals surface area contributed by atoms with Gasteiger partial charge in [-0.25, -0.2) is 15.0 Å². The fraction of sp³-hybridized carbons (Fsp3) is 0.381. The summed E-state index contributed by atoms with van der Waals surface area (Å²) >= 11 is 0. The summed E-state index contributed by atoms with van der Waals surface area (Å²) in [7, 11) is -0.331. The summed E-state index contributed by atoms with van der Waals surface area (Å²) in [4.78, 5) is 25.5. The van der Waals surface area contributed by atoms with E-state index < -0.39 is 24.0 Å². The Morgan fingerprint density at radius 1 is 1.35 bits per heavy atom. The molecule has 2 aliphatic rings. The summed E-state index contributed by atoms with van der Waals surface area (Å²) in [5, 5.41) is 21.5. The van der Waals surface area contributed by atoms with Gasteiger partial charge in [-0.15, -0.1) is 0 Å². The zero-order valence-corrected chi connectivity index (χ0v) is 18.8. The van der Waals surface area contributed by atoms with E-state index in [4.69, 9.17) is 23.8 Å². The van der Waals surface area contributed by atoms with Crippen LogP contribution in [0.2, 0.25) is 0 Å². The zero-order valence-electron chi connectivity index (χ0n) is 17.8. The summed E-state index contributed by atoms with van der Waals surface area (Å²) < 4.78 is 25.0. The molecule has 1 unspecified atom stereocenters. The molecule has 0 aliphatic carbocycles. The van der Waals surface area contributed by atoms with Crippen molar-refractivity contribution >= 4 is 31.9 Å². The Bertz CT molecular complexity index is 1220. The number of anilines is 1. The van der Waals surface area contributed by atoms with Crippen LogP contribution in [0.25, 0.3) is 11.2 Å². The topological polar surface area (TPSA) is 154 Å². The Morgan fingerprint density at radius 2 is 2.21 bits per heavy atom. The smallest absolute Gasteiger partial charge is 0.256 e. The van der Waals surface area contributed by atoms with Gasteiger partial charge < -0.3 is 28.9 Å². The van der Waals surface area contributed by atoms with E-state index in [1.54, 1.807) is 28.8 Å². The molecule has 12 nitrogen and oxygen atoms in total. The van der Waals surface area contributed by atoms with Gasteiger partial charge in [-0.05, 0) is 12.1 Å². The monoisotopic (exact) mass is 484 g/mol. The first-order valence-corrected chi connectivity index (χ1v) is 11.3. The number of nitrogens with one attached hydrogen (secondary N) is 1. The third-order valence-electron chi connectivity index (χ3n) is 5.69. The summed E-state index contributed by atoms with van der Waals surface area (Å²) in [6, 6.07) is 10.8. The predicted octanol–water partition coefficient (Wildman–Crippen LogP) is 1.56. The molecule has 2 fully saturated rings. The summed E-state index contributed by atoms with van der Waals surface area (Å²) in [5.41, 5.74) is 0.241. The van der Waals surface area contributed by atoms with Crippen LogP contribution < -0.4 is 5.32 Å². The average molecular weight is 484 g/mol. The molecule has 13 heteroatoms. The molecule has 2 N–H and O–H groups in total. The van der Waals surface area contributed by atoms with Crippen LogP contribution in [0, 0.1) is 11.3 Å². The highest BCUT2D eigenvalue weighted by atomic mass is 31.1. The first kappa shape index (κ1) is 22.7. The van der Waals surface area contributed by atoms with E-state index in [1.807, 2.05) is 12.1 Å². The van der Waals surface area contributed by atoms with Crippen LogP contribution in [0.15, 0.2) is 43.0 Å². The number of nitriles is 1. The Morgan fingerprint density at radius 3 is 3.00 bits per heavy atom. The molecule has 3 aromatic rings. The molecule has 4 heterocycles. The summed E-state index contributed by atoms with van der Waals surface area (Å²) in [5.74, 6) is -0.0570. The number of amides is 1. The first-order chi connectivity index (χ1) is 16.7. The van der Waals surface area contributed by atoms with Crippen molar-refractivity contribution in [2.24, 2.45) is 0 Å². The number of aliphatic hydroxyl groups excluding tert-OH is 1. The Balaban J connectivity index is 1.37. The largest absolute Gasteiger partial charge is 0.393 e. The van der Waals surface area contributed by atoms with E-state index >= 15 is 0 Å². The lowest BCUT2D eigenvalue weighted by Gasteiger charge is -2.29. The van der Waals surface area contributed by atoms with Crippen LogP contribution in [-0.4, -0.2) is 68.2 Å². The Kier molecular flexibility index (Phi) is 6.47. The first-order valence-electron chi connectivity index (χ1n) is 10.5. The van der Waals surface area contributed by atoms with Crippen LogP contribution in [0.3, 0.4) is 0 Å². The van der Waals surface area contributed by atoms with E-state index in [2.05, 4.69) is 20.3 Å². The minimum absolute atomic E-state index is 0.165. The predicted molar refractivity (Wildman–Crippen MR) is 119 cm³/mol. The van der Waals surface area contributed by atoms with Gasteiger partial charge in [0.05, 0.1) is 38.6 Å². The number of imidazole rings is 1. The van der Waals surface area contributed by atoms with Crippen molar-refractivity contribution in [3.63, 3.8) is 0 Å². The molecule has 2 bridgehead atoms. The van der Waals surface area contributed by atoms with E-state index in [1.165, 1.54) is 12.7 Å². The van der Waals surface area contributed by atoms with Gasteiger partial charge in [0.1, 0.15) is 24.1 Å². The highest BCUT2D eigenvalue weighted by Crippen LogP contribution is 2.48. The van der Waals surface area contributed by atoms with Gasteiger partial charge in [0.2, 0.25) is 0 Å². The standard InChI is InChI=1S/C21H21N6O6P/c22-7-4-8-31-34-33-16-15-20(32-21(16,9-28)10-30-15)27-12-25-14-17(23-11-24-18(14)27)26-19(29)13-5-2-1-3-6-13/h1-3,5-6,11-12,15-16,20,28,34H,4,8-10H2,(H,23,24,26,29)/t15-,16+,20-,21+/m1/s1. The van der Waals surface area contributed by atoms with Crippen LogP contribution in [0.1, 0.15) is 23.0 Å². The molecule has 2 saturated heterocycles. The lowest BCUT2D eigenvalue weighted by molar-refractivity contribution is -0.184. The van der Waals surface area contributed by atoms with Crippen LogP contribution in [-0.2, 0) is 18.5 Å². The summed E-state index contributed by atoms with van der Waals surface area (Å²) in [6.45, 7) is 0.107. The van der Waals surface area contributed by atoms with Crippen molar-refractivity contribution in [1.82, 2.24) is 19.5 Å². The minimum Gasteiger partial charge on any atom is -0.393 e. The number of rotatable bonds is 9. The fourth-order valence-corrected chi connectivity index (χ4v) is 4.74. The number of aliphatic hydroxyl groups is 1. The Labute approximate surface area is 195 Å². The molecular weight excluding hydrogens is 463 g/mol. The number of ether oxygens (including phenoxy) is 2. The molecule has 5 atom stereocenters. The number of carbonyl (C=O) groups excluding carboxylic acids is 1. The second kappa shape index (κ2) is 9.68. The van der Waals surface area contributed by atoms with Crippen molar-refractivity contribution in [3.05, 3.63) is 48.5 Å². The van der Waals surface area contributed by atoms with Crippen LogP contribution in [0.5, 0.6) is 0 Å². The molecule has 34 heavy (non-hydrogen) atoms. The van der Waals surface area contributed by atoms with Crippen molar-refractivity contribution in [3.8, 4) is 6.07 Å². The number of carbonyl (C=O) groups is 1. The lowest BCUT2D eigenvalue weighted by atomic mass is 10.0. The third kappa shape index (κ3) is 4.03. The number of fused-ring (bicyclic) bond motifs is 3. The van der Waals surface area contributed by atoms with Crippen molar-refractivity contribution in [2.45, 2.75) is 30.5 Å². The summed E-state index contributed by atoms with van der Waals surface area (Å²) in [6.07, 6.45) is 1.31. The van der Waals surface area contributed by atoms with Gasteiger partial charge in [0.25, 0.3) is 5.91 Å². The maximum Gasteiger partial charge on any atom is 0.256 e. The van der Waals surface area contributed by atoms with Crippen molar-refractivity contribution in [2.75, 3.05) is 25.1 Å². The van der Waals surface area contributed by atoms with E-state index in [-0.39, 0.29) is 47.0 Å². The molecule has 0 spiro atoms. The Hall–Kier alpha value is -3.04. The van der Waals surface area contributed by atoms with Gasteiger partial charge in [0.15, 0.2) is 32.2 Å². The van der Waals surface area contributed by atoms with Crippen molar-refractivity contribution in [1.29, 1.82) is 5.26 Å². The lowest BCUT2D eigenvalue weighted by Crippen LogP contribution is -2.44. The maximum atomic E-state index is 12.6. The second-order valence-corrected chi connectivity index (χ2v) is 8.44. The number of benzene rings is 1. The molecule has 0 saturated carbocycles. The molecule has 5 rings (SSSR count). The van der Waals surface area contributed by atoms with Gasteiger partial charge in [-0.2, -0.15) is 5.26 Å². The number of nitrogens with zero attached hydrogens (tertiary/aromatic N) is 5. The van der Waals surface area contributed by atoms with Crippen LogP contribution >= 0.6 is 9.03 Å². The van der Waals surface area contributed by atoms with E-state index in [9.17, 15) is 9.90 Å². The fourth-order valence-electron chi connectivity index (χ4n) is 4.03. The molecule has 176 valence electrons. The maximum absolute atomic E-state index is 12.6. The van der Waals surface area contributed by atoms with Crippen molar-refractivity contribution < 1.29 is 28.4 Å². The molecule has 1 aromatic carbocycles. The minimum atomic E-state index is -1.06. The normalized spacial score (nSPS) is 25.8. The van der Waals surface area contributed by atoms with E-state index in [0.29, 0.717) is 16.7 Å². The van der Waals surface area contributed by atoms with Gasteiger partial charge >= 0.3 is 0 Å². The highest BCUT2D eigenvalue weighted by molar-refractivity contribution is 7.26. The number of aromatic nitrogens is 4. The van der Waals surface area contributed by atoms with E-state index in [0.717, 1.165) is 0 Å². The molecular formula is C21H21N6O6P. The van der Waals surface area contributed by atoms with Crippen LogP contribution in [0.4, 0.5) is 5.82 Å². The zero-order chi connectivity index (χ0) is 23.5. The second-order valence-electron chi connectivity index (χ2n) is 7.75. The van der Waals surface area contributed by atoms with Gasteiger partial charge in [-0.3, -0.25) is 9.36 Å². The SMILES string of the molecule is N#CCCOPO[C@H]1[C@H]2OC[C@]1(CO)O[C@H]2n1cnc2c(NC(=O)c3ccccc3)ncnc21. The third-order valence-corrected chi connectivity index (χ3v) is 6.36. The molecule has 2 aromatic heterocycles. The van der Waals surface area contributed by atoms with Gasteiger partial charge in [0, 0.05) is 5.56 Å². The molecule has 2 aliphatic heterocycles. The quantitative estimate of drug-likeness (QED) is 0.338. The average Bonchev–Trinajstić information content (AvgIpc) is 3.55. The molecule has 0 radical (unpaired) electrons. The number of hydrogen-bond donors (Lipinski definition) is 2. The van der Waals surface area contributed by atoms with Gasteiger partial charge in [-0.1, -0.05) is 18.2 Å². The number of hydrogen-bond acceptors (Lipinski definition) is 10. The molecule has 1 amide bonds. The highest BCUT2D eigenvalue weighted by Gasteiger charge is 2.63.